The second-order valence-electron chi connectivity index (χ2n) is 6.48. The fourth-order valence-electron chi connectivity index (χ4n) is 3.49. The van der Waals surface area contributed by atoms with Gasteiger partial charge in [0.25, 0.3) is 0 Å². The van der Waals surface area contributed by atoms with E-state index >= 15 is 0 Å². The van der Waals surface area contributed by atoms with Crippen LogP contribution in [0, 0.1) is 5.92 Å². The Hall–Kier alpha value is -1.19. The van der Waals surface area contributed by atoms with Crippen LogP contribution in [0.4, 0.5) is 0 Å². The molecule has 1 saturated heterocycles. The van der Waals surface area contributed by atoms with Crippen molar-refractivity contribution in [1.82, 2.24) is 4.90 Å². The van der Waals surface area contributed by atoms with Crippen molar-refractivity contribution >= 4 is 5.91 Å². The maximum absolute atomic E-state index is 13.0. The molecule has 1 aliphatic rings. The number of hydrogen-bond donors (Lipinski definition) is 0. The molecule has 0 N–H and O–H groups in total. The molecule has 1 aromatic rings. The number of hydrogen-bond acceptors (Lipinski definition) is 2. The molecule has 3 unspecified atom stereocenters. The molecule has 3 heteroatoms. The van der Waals surface area contributed by atoms with E-state index in [4.69, 9.17) is 0 Å². The van der Waals surface area contributed by atoms with E-state index in [0.717, 1.165) is 13.1 Å². The lowest BCUT2D eigenvalue weighted by Gasteiger charge is -2.49. The zero-order valence-corrected chi connectivity index (χ0v) is 13.3. The highest BCUT2D eigenvalue weighted by Gasteiger charge is 2.51. The van der Waals surface area contributed by atoms with Crippen LogP contribution in [0.2, 0.25) is 0 Å². The van der Waals surface area contributed by atoms with Crippen LogP contribution in [-0.2, 0) is 4.79 Å². The summed E-state index contributed by atoms with van der Waals surface area (Å²) in [5, 5.41) is 0. The number of rotatable bonds is 3. The van der Waals surface area contributed by atoms with Gasteiger partial charge >= 0.3 is 5.91 Å². The molecule has 110 valence electrons. The van der Waals surface area contributed by atoms with Crippen LogP contribution in [-0.4, -0.2) is 48.5 Å². The molecule has 0 bridgehead atoms. The third kappa shape index (κ3) is 2.40. The topological polar surface area (TPSA) is 20.3 Å². The molecule has 0 radical (unpaired) electrons. The van der Waals surface area contributed by atoms with Crippen LogP contribution in [0.15, 0.2) is 30.3 Å². The van der Waals surface area contributed by atoms with Crippen molar-refractivity contribution in [3.05, 3.63) is 35.9 Å². The molecule has 1 heterocycles. The zero-order chi connectivity index (χ0) is 14.9. The van der Waals surface area contributed by atoms with Gasteiger partial charge in [0.05, 0.1) is 20.1 Å². The Balaban J connectivity index is 2.42. The predicted octanol–water partition coefficient (Wildman–Crippen LogP) is 2.69. The standard InChI is InChI=1S/C17H27N2O/c1-6-19(5)15(14-10-8-7-9-11-14)12-18(4)16(13(2)3)17(19)20/h7-11,13,15-16H,6,12H2,1-5H3/q+1. The lowest BCUT2D eigenvalue weighted by molar-refractivity contribution is -0.870. The van der Waals surface area contributed by atoms with Crippen LogP contribution < -0.4 is 0 Å². The third-order valence-corrected chi connectivity index (χ3v) is 4.85. The molecule has 0 aliphatic carbocycles. The van der Waals surface area contributed by atoms with E-state index < -0.39 is 0 Å². The molecule has 1 fully saturated rings. The smallest absolute Gasteiger partial charge is 0.285 e. The molecular weight excluding hydrogens is 248 g/mol. The molecule has 1 aliphatic heterocycles. The molecule has 3 nitrogen and oxygen atoms in total. The SMILES string of the molecule is CC[N+]1(C)C(=O)C(C(C)C)N(C)CC1c1ccccc1. The summed E-state index contributed by atoms with van der Waals surface area (Å²) >= 11 is 0. The maximum atomic E-state index is 13.0. The predicted molar refractivity (Wildman–Crippen MR) is 82.2 cm³/mol. The van der Waals surface area contributed by atoms with Crippen LogP contribution in [0.5, 0.6) is 0 Å². The fraction of sp³-hybridized carbons (Fsp3) is 0.588. The monoisotopic (exact) mass is 275 g/mol. The summed E-state index contributed by atoms with van der Waals surface area (Å²) < 4.78 is 0.511. The molecule has 20 heavy (non-hydrogen) atoms. The number of nitrogens with zero attached hydrogens (tertiary/aromatic N) is 2. The highest BCUT2D eigenvalue weighted by Crippen LogP contribution is 2.35. The van der Waals surface area contributed by atoms with Crippen molar-refractivity contribution in [2.75, 3.05) is 27.2 Å². The lowest BCUT2D eigenvalue weighted by Crippen LogP contribution is -2.67. The second kappa shape index (κ2) is 5.66. The summed E-state index contributed by atoms with van der Waals surface area (Å²) in [6, 6.07) is 10.7. The summed E-state index contributed by atoms with van der Waals surface area (Å²) in [5.41, 5.74) is 1.26. The Labute approximate surface area is 122 Å². The minimum absolute atomic E-state index is 0.0277. The number of benzene rings is 1. The van der Waals surface area contributed by atoms with Crippen LogP contribution >= 0.6 is 0 Å². The summed E-state index contributed by atoms with van der Waals surface area (Å²) in [5.74, 6) is 0.707. The summed E-state index contributed by atoms with van der Waals surface area (Å²) in [6.07, 6.45) is 0. The van der Waals surface area contributed by atoms with Crippen molar-refractivity contribution in [2.24, 2.45) is 5.92 Å². The number of carbonyl (C=O) groups excluding carboxylic acids is 1. The summed E-state index contributed by atoms with van der Waals surface area (Å²) in [4.78, 5) is 15.3. The Morgan fingerprint density at radius 3 is 2.40 bits per heavy atom. The number of likely N-dealkylation sites (N-methyl/N-ethyl adjacent to an activating group) is 2. The molecule has 0 saturated carbocycles. The number of piperazine rings is 1. The van der Waals surface area contributed by atoms with Crippen LogP contribution in [0.1, 0.15) is 32.4 Å². The first-order valence-electron chi connectivity index (χ1n) is 7.56. The maximum Gasteiger partial charge on any atom is 0.331 e. The first-order valence-corrected chi connectivity index (χ1v) is 7.56. The average Bonchev–Trinajstić information content (AvgIpc) is 2.43. The van der Waals surface area contributed by atoms with E-state index in [1.165, 1.54) is 5.56 Å². The van der Waals surface area contributed by atoms with Gasteiger partial charge in [-0.1, -0.05) is 44.2 Å². The van der Waals surface area contributed by atoms with Crippen molar-refractivity contribution in [3.63, 3.8) is 0 Å². The Morgan fingerprint density at radius 2 is 1.90 bits per heavy atom. The normalized spacial score (nSPS) is 31.8. The van der Waals surface area contributed by atoms with Gasteiger partial charge in [-0.25, -0.2) is 4.79 Å². The first-order chi connectivity index (χ1) is 9.41. The minimum Gasteiger partial charge on any atom is -0.285 e. The van der Waals surface area contributed by atoms with Crippen molar-refractivity contribution in [3.8, 4) is 0 Å². The van der Waals surface area contributed by atoms with Crippen molar-refractivity contribution in [1.29, 1.82) is 0 Å². The molecular formula is C17H27N2O+. The number of quaternary nitrogens is 1. The quantitative estimate of drug-likeness (QED) is 0.791. The lowest BCUT2D eigenvalue weighted by atomic mass is 9.91. The van der Waals surface area contributed by atoms with Crippen LogP contribution in [0.25, 0.3) is 0 Å². The van der Waals surface area contributed by atoms with E-state index in [-0.39, 0.29) is 12.1 Å². The van der Waals surface area contributed by atoms with E-state index in [2.05, 4.69) is 64.0 Å². The fourth-order valence-corrected chi connectivity index (χ4v) is 3.49. The first kappa shape index (κ1) is 15.2. The van der Waals surface area contributed by atoms with Gasteiger partial charge in [-0.3, -0.25) is 9.38 Å². The highest BCUT2D eigenvalue weighted by atomic mass is 16.2. The van der Waals surface area contributed by atoms with Gasteiger partial charge in [-0.05, 0) is 19.9 Å². The zero-order valence-electron chi connectivity index (χ0n) is 13.3. The van der Waals surface area contributed by atoms with Crippen molar-refractivity contribution in [2.45, 2.75) is 32.9 Å². The van der Waals surface area contributed by atoms with Crippen molar-refractivity contribution < 1.29 is 9.28 Å². The highest BCUT2D eigenvalue weighted by molar-refractivity contribution is 5.76. The molecule has 0 aromatic heterocycles. The summed E-state index contributed by atoms with van der Waals surface area (Å²) in [7, 11) is 4.18. The van der Waals surface area contributed by atoms with Gasteiger partial charge in [0.15, 0.2) is 0 Å². The van der Waals surface area contributed by atoms with Crippen LogP contribution in [0.3, 0.4) is 0 Å². The van der Waals surface area contributed by atoms with E-state index in [1.54, 1.807) is 0 Å². The van der Waals surface area contributed by atoms with Gasteiger partial charge in [-0.15, -0.1) is 0 Å². The summed E-state index contributed by atoms with van der Waals surface area (Å²) in [6.45, 7) is 8.18. The number of carbonyl (C=O) groups is 1. The number of amides is 1. The average molecular weight is 275 g/mol. The largest absolute Gasteiger partial charge is 0.331 e. The molecule has 1 amide bonds. The molecule has 1 aromatic carbocycles. The molecule has 0 spiro atoms. The Kier molecular flexibility index (Phi) is 4.31. The molecule has 2 rings (SSSR count). The Morgan fingerprint density at radius 1 is 1.30 bits per heavy atom. The second-order valence-corrected chi connectivity index (χ2v) is 6.48. The van der Waals surface area contributed by atoms with E-state index in [0.29, 0.717) is 16.3 Å². The van der Waals surface area contributed by atoms with Gasteiger partial charge in [0.1, 0.15) is 12.1 Å². The minimum atomic E-state index is 0.0277. The van der Waals surface area contributed by atoms with Gasteiger partial charge in [-0.2, -0.15) is 0 Å². The van der Waals surface area contributed by atoms with Gasteiger partial charge in [0, 0.05) is 5.56 Å². The van der Waals surface area contributed by atoms with E-state index in [1.807, 2.05) is 6.07 Å². The van der Waals surface area contributed by atoms with E-state index in [9.17, 15) is 4.79 Å². The third-order valence-electron chi connectivity index (χ3n) is 4.85. The van der Waals surface area contributed by atoms with Gasteiger partial charge < -0.3 is 0 Å². The van der Waals surface area contributed by atoms with Gasteiger partial charge in [0.2, 0.25) is 0 Å². The molecule has 3 atom stereocenters. The Bertz CT molecular complexity index is 471.